The number of nitrogens with zero attached hydrogens (tertiary/aromatic N) is 2. The maximum Gasteiger partial charge on any atom is 0.257 e. The molecule has 6 heteroatoms. The predicted molar refractivity (Wildman–Crippen MR) is 92.6 cm³/mol. The molecule has 0 fully saturated rings. The summed E-state index contributed by atoms with van der Waals surface area (Å²) in [5, 5.41) is 12.0. The van der Waals surface area contributed by atoms with Crippen LogP contribution in [0.4, 0.5) is 5.69 Å². The van der Waals surface area contributed by atoms with Crippen LogP contribution in [0.5, 0.6) is 5.75 Å². The summed E-state index contributed by atoms with van der Waals surface area (Å²) in [6.07, 6.45) is 3.21. The van der Waals surface area contributed by atoms with E-state index in [-0.39, 0.29) is 17.4 Å². The Morgan fingerprint density at radius 3 is 2.33 bits per heavy atom. The molecule has 0 spiro atoms. The zero-order chi connectivity index (χ0) is 17.7. The molecule has 6 nitrogen and oxygen atoms in total. The summed E-state index contributed by atoms with van der Waals surface area (Å²) in [6.45, 7) is 5.44. The zero-order valence-corrected chi connectivity index (χ0v) is 13.8. The average molecular weight is 325 g/mol. The first-order valence-electron chi connectivity index (χ1n) is 7.63. The second kappa shape index (κ2) is 7.41. The number of carbonyl (C=O) groups excluding carboxylic acids is 2. The normalized spacial score (nSPS) is 9.96. The van der Waals surface area contributed by atoms with Gasteiger partial charge in [-0.3, -0.25) is 9.59 Å². The van der Waals surface area contributed by atoms with E-state index in [1.54, 1.807) is 41.1 Å². The minimum absolute atomic E-state index is 0.126. The highest BCUT2D eigenvalue weighted by molar-refractivity contribution is 6.04. The number of nitrogens with one attached hydrogen (secondary N) is 1. The fraction of sp³-hybridized carbons (Fsp3) is 0.167. The van der Waals surface area contributed by atoms with Gasteiger partial charge in [-0.15, -0.1) is 0 Å². The quantitative estimate of drug-likeness (QED) is 0.570. The largest absolute Gasteiger partial charge is 0.508 e. The molecule has 2 aromatic heterocycles. The Kier molecular flexibility index (Phi) is 5.31. The van der Waals surface area contributed by atoms with Crippen molar-refractivity contribution in [1.29, 1.82) is 0 Å². The van der Waals surface area contributed by atoms with Crippen molar-refractivity contribution in [1.82, 2.24) is 9.38 Å². The van der Waals surface area contributed by atoms with Crippen LogP contribution in [0.25, 0.3) is 5.65 Å². The summed E-state index contributed by atoms with van der Waals surface area (Å²) in [5.74, 6) is -0.279. The molecule has 124 valence electrons. The molecule has 24 heavy (non-hydrogen) atoms. The van der Waals surface area contributed by atoms with Gasteiger partial charge in [-0.2, -0.15) is 0 Å². The van der Waals surface area contributed by atoms with Gasteiger partial charge in [-0.25, -0.2) is 4.98 Å². The number of aromatic hydroxyl groups is 1. The standard InChI is InChI=1S/C16H13N3O3.C2H6/c1-10(20)14-9-19-8-11(2-7-15(19)18-14)16(22)17-12-3-5-13(21)6-4-12;1-2/h2-9,21H,1H3,(H,17,22);1-2H3. The highest BCUT2D eigenvalue weighted by Gasteiger charge is 2.10. The number of imidazole rings is 1. The lowest BCUT2D eigenvalue weighted by Gasteiger charge is -2.05. The maximum atomic E-state index is 12.2. The number of Topliss-reactive ketones (excluding diaryl/α,β-unsaturated/α-hetero) is 1. The zero-order valence-electron chi connectivity index (χ0n) is 13.8. The van der Waals surface area contributed by atoms with Gasteiger partial charge in [0.1, 0.15) is 17.1 Å². The van der Waals surface area contributed by atoms with E-state index >= 15 is 0 Å². The highest BCUT2D eigenvalue weighted by Crippen LogP contribution is 2.15. The van der Waals surface area contributed by atoms with E-state index in [0.29, 0.717) is 22.6 Å². The molecule has 2 N–H and O–H groups in total. The number of fused-ring (bicyclic) bond motifs is 1. The van der Waals surface area contributed by atoms with Crippen LogP contribution in [0.3, 0.4) is 0 Å². The van der Waals surface area contributed by atoms with Crippen LogP contribution >= 0.6 is 0 Å². The van der Waals surface area contributed by atoms with Gasteiger partial charge in [-0.1, -0.05) is 13.8 Å². The number of phenols is 1. The molecule has 3 aromatic rings. The van der Waals surface area contributed by atoms with Gasteiger partial charge in [0.05, 0.1) is 5.56 Å². The second-order valence-electron chi connectivity index (χ2n) is 4.87. The Balaban J connectivity index is 0.00000100. The third-order valence-electron chi connectivity index (χ3n) is 3.20. The van der Waals surface area contributed by atoms with Crippen LogP contribution in [0.15, 0.2) is 48.8 Å². The van der Waals surface area contributed by atoms with E-state index in [0.717, 1.165) is 0 Å². The van der Waals surface area contributed by atoms with Crippen LogP contribution in [-0.4, -0.2) is 26.2 Å². The molecule has 0 bridgehead atoms. The van der Waals surface area contributed by atoms with Crippen molar-refractivity contribution in [3.05, 3.63) is 60.0 Å². The second-order valence-corrected chi connectivity index (χ2v) is 4.87. The summed E-state index contributed by atoms with van der Waals surface area (Å²) < 4.78 is 1.64. The first-order chi connectivity index (χ1) is 11.5. The fourth-order valence-electron chi connectivity index (χ4n) is 2.04. The molecule has 0 radical (unpaired) electrons. The van der Waals surface area contributed by atoms with Gasteiger partial charge in [0.2, 0.25) is 0 Å². The molecule has 0 saturated carbocycles. The molecule has 0 saturated heterocycles. The molecule has 3 rings (SSSR count). The molecule has 0 aliphatic rings. The van der Waals surface area contributed by atoms with Crippen molar-refractivity contribution < 1.29 is 14.7 Å². The van der Waals surface area contributed by atoms with E-state index in [1.807, 2.05) is 13.8 Å². The summed E-state index contributed by atoms with van der Waals surface area (Å²) in [6, 6.07) is 9.52. The van der Waals surface area contributed by atoms with E-state index in [4.69, 9.17) is 0 Å². The van der Waals surface area contributed by atoms with E-state index in [2.05, 4.69) is 10.3 Å². The van der Waals surface area contributed by atoms with Gasteiger partial charge >= 0.3 is 0 Å². The lowest BCUT2D eigenvalue weighted by Crippen LogP contribution is -2.12. The number of rotatable bonds is 3. The minimum Gasteiger partial charge on any atom is -0.508 e. The summed E-state index contributed by atoms with van der Waals surface area (Å²) in [5.41, 5.74) is 1.98. The lowest BCUT2D eigenvalue weighted by atomic mass is 10.2. The van der Waals surface area contributed by atoms with Crippen LogP contribution in [-0.2, 0) is 0 Å². The summed E-state index contributed by atoms with van der Waals surface area (Å²) in [7, 11) is 0. The number of hydrogen-bond acceptors (Lipinski definition) is 4. The Morgan fingerprint density at radius 2 is 1.71 bits per heavy atom. The number of phenolic OH excluding ortho intramolecular Hbond substituents is 1. The number of benzene rings is 1. The number of aromatic nitrogens is 2. The van der Waals surface area contributed by atoms with Crippen molar-refractivity contribution in [2.45, 2.75) is 20.8 Å². The number of pyridine rings is 1. The van der Waals surface area contributed by atoms with Gasteiger partial charge in [-0.05, 0) is 36.4 Å². The van der Waals surface area contributed by atoms with Crippen LogP contribution in [0.2, 0.25) is 0 Å². The number of anilines is 1. The Morgan fingerprint density at radius 1 is 1.04 bits per heavy atom. The molecular formula is C18H19N3O3. The number of carbonyl (C=O) groups is 2. The van der Waals surface area contributed by atoms with Gasteiger partial charge in [0.15, 0.2) is 5.78 Å². The lowest BCUT2D eigenvalue weighted by molar-refractivity contribution is 0.101. The Hall–Kier alpha value is -3.15. The first kappa shape index (κ1) is 17.2. The number of ketones is 1. The topological polar surface area (TPSA) is 83.7 Å². The van der Waals surface area contributed by atoms with Crippen molar-refractivity contribution in [2.75, 3.05) is 5.32 Å². The Labute approximate surface area is 139 Å². The Bertz CT molecular complexity index is 867. The highest BCUT2D eigenvalue weighted by atomic mass is 16.3. The molecule has 0 aliphatic carbocycles. The molecule has 1 aromatic carbocycles. The van der Waals surface area contributed by atoms with E-state index < -0.39 is 0 Å². The molecule has 0 aliphatic heterocycles. The predicted octanol–water partition coefficient (Wildman–Crippen LogP) is 3.52. The summed E-state index contributed by atoms with van der Waals surface area (Å²) in [4.78, 5) is 27.7. The number of amides is 1. The molecule has 0 atom stereocenters. The maximum absolute atomic E-state index is 12.2. The van der Waals surface area contributed by atoms with Crippen molar-refractivity contribution >= 4 is 23.0 Å². The average Bonchev–Trinajstić information content (AvgIpc) is 3.02. The smallest absolute Gasteiger partial charge is 0.257 e. The van der Waals surface area contributed by atoms with Crippen LogP contribution < -0.4 is 5.32 Å². The SMILES string of the molecule is CC.CC(=O)c1cn2cc(C(=O)Nc3ccc(O)cc3)ccc2n1. The minimum atomic E-state index is -0.286. The van der Waals surface area contributed by atoms with Crippen molar-refractivity contribution in [3.63, 3.8) is 0 Å². The van der Waals surface area contributed by atoms with Gasteiger partial charge < -0.3 is 14.8 Å². The first-order valence-corrected chi connectivity index (χ1v) is 7.63. The van der Waals surface area contributed by atoms with Gasteiger partial charge in [0, 0.05) is 25.0 Å². The number of hydrogen-bond donors (Lipinski definition) is 2. The monoisotopic (exact) mass is 325 g/mol. The van der Waals surface area contributed by atoms with E-state index in [1.165, 1.54) is 19.1 Å². The van der Waals surface area contributed by atoms with Crippen LogP contribution in [0, 0.1) is 0 Å². The fourth-order valence-corrected chi connectivity index (χ4v) is 2.04. The molecule has 1 amide bonds. The molecular weight excluding hydrogens is 306 g/mol. The molecule has 0 unspecified atom stereocenters. The third-order valence-corrected chi connectivity index (χ3v) is 3.20. The van der Waals surface area contributed by atoms with Gasteiger partial charge in [0.25, 0.3) is 5.91 Å². The van der Waals surface area contributed by atoms with Crippen LogP contribution in [0.1, 0.15) is 41.6 Å². The molecule has 2 heterocycles. The third kappa shape index (κ3) is 3.78. The van der Waals surface area contributed by atoms with E-state index in [9.17, 15) is 14.7 Å². The van der Waals surface area contributed by atoms with Crippen molar-refractivity contribution in [2.24, 2.45) is 0 Å². The van der Waals surface area contributed by atoms with Crippen molar-refractivity contribution in [3.8, 4) is 5.75 Å². The summed E-state index contributed by atoms with van der Waals surface area (Å²) >= 11 is 0.